The summed E-state index contributed by atoms with van der Waals surface area (Å²) in [6.07, 6.45) is -0.656. The lowest BCUT2D eigenvalue weighted by Gasteiger charge is -2.13. The molecule has 21 heavy (non-hydrogen) atoms. The van der Waals surface area contributed by atoms with E-state index in [1.807, 2.05) is 30.3 Å². The maximum atomic E-state index is 11.9. The van der Waals surface area contributed by atoms with Crippen molar-refractivity contribution in [2.75, 3.05) is 6.54 Å². The fourth-order valence-electron chi connectivity index (χ4n) is 1.93. The lowest BCUT2D eigenvalue weighted by Crippen LogP contribution is -2.29. The molecule has 0 heterocycles. The summed E-state index contributed by atoms with van der Waals surface area (Å²) in [5, 5.41) is 13.6. The lowest BCUT2D eigenvalue weighted by molar-refractivity contribution is -0.120. The number of nitrogens with one attached hydrogen (secondary N) is 1. The highest BCUT2D eigenvalue weighted by Crippen LogP contribution is 2.24. The van der Waals surface area contributed by atoms with Crippen molar-refractivity contribution in [2.45, 2.75) is 12.5 Å². The molecule has 0 radical (unpaired) electrons. The standard InChI is InChI=1S/C16H15Cl2NO2/c17-13-7-4-8-14(18)12(13)9-16(21)19-10-15(20)11-5-2-1-3-6-11/h1-8,15,20H,9-10H2,(H,19,21). The number of carbonyl (C=O) groups is 1. The van der Waals surface area contributed by atoms with Crippen molar-refractivity contribution in [3.05, 3.63) is 69.7 Å². The largest absolute Gasteiger partial charge is 0.387 e. The number of amides is 1. The van der Waals surface area contributed by atoms with Crippen LogP contribution in [0.5, 0.6) is 0 Å². The molecule has 0 bridgehead atoms. The minimum atomic E-state index is -0.739. The van der Waals surface area contributed by atoms with E-state index in [-0.39, 0.29) is 18.9 Å². The zero-order valence-corrected chi connectivity index (χ0v) is 12.7. The molecule has 0 aromatic heterocycles. The average molecular weight is 324 g/mol. The van der Waals surface area contributed by atoms with Gasteiger partial charge in [-0.15, -0.1) is 0 Å². The number of benzene rings is 2. The zero-order chi connectivity index (χ0) is 15.2. The molecule has 0 aliphatic rings. The van der Waals surface area contributed by atoms with Crippen molar-refractivity contribution in [2.24, 2.45) is 0 Å². The minimum Gasteiger partial charge on any atom is -0.387 e. The van der Waals surface area contributed by atoms with Gasteiger partial charge in [0.1, 0.15) is 0 Å². The van der Waals surface area contributed by atoms with E-state index in [1.165, 1.54) is 0 Å². The lowest BCUT2D eigenvalue weighted by atomic mass is 10.1. The summed E-state index contributed by atoms with van der Waals surface area (Å²) in [6, 6.07) is 14.3. The molecular formula is C16H15Cl2NO2. The van der Waals surface area contributed by atoms with Gasteiger partial charge in [0, 0.05) is 16.6 Å². The second kappa shape index (κ2) is 7.46. The number of aliphatic hydroxyl groups is 1. The number of hydrogen-bond acceptors (Lipinski definition) is 2. The molecule has 2 rings (SSSR count). The van der Waals surface area contributed by atoms with Gasteiger partial charge in [0.2, 0.25) is 5.91 Å². The maximum absolute atomic E-state index is 11.9. The van der Waals surface area contributed by atoms with Crippen molar-refractivity contribution in [1.29, 1.82) is 0 Å². The number of hydrogen-bond donors (Lipinski definition) is 2. The van der Waals surface area contributed by atoms with Crippen LogP contribution in [0.1, 0.15) is 17.2 Å². The van der Waals surface area contributed by atoms with Gasteiger partial charge in [-0.2, -0.15) is 0 Å². The van der Waals surface area contributed by atoms with Crippen molar-refractivity contribution >= 4 is 29.1 Å². The van der Waals surface area contributed by atoms with Crippen molar-refractivity contribution in [1.82, 2.24) is 5.32 Å². The van der Waals surface area contributed by atoms with Crippen LogP contribution in [0.4, 0.5) is 0 Å². The van der Waals surface area contributed by atoms with Gasteiger partial charge in [0.15, 0.2) is 0 Å². The second-order valence-electron chi connectivity index (χ2n) is 4.61. The van der Waals surface area contributed by atoms with E-state index < -0.39 is 6.10 Å². The zero-order valence-electron chi connectivity index (χ0n) is 11.2. The summed E-state index contributed by atoms with van der Waals surface area (Å²) in [5.41, 5.74) is 1.35. The average Bonchev–Trinajstić information content (AvgIpc) is 2.49. The molecule has 2 N–H and O–H groups in total. The molecule has 0 aliphatic carbocycles. The molecule has 0 saturated carbocycles. The third kappa shape index (κ3) is 4.46. The first-order valence-corrected chi connectivity index (χ1v) is 7.26. The van der Waals surface area contributed by atoms with E-state index in [0.717, 1.165) is 5.56 Å². The van der Waals surface area contributed by atoms with Crippen molar-refractivity contribution < 1.29 is 9.90 Å². The Bertz CT molecular complexity index is 597. The van der Waals surface area contributed by atoms with Gasteiger partial charge in [-0.1, -0.05) is 59.6 Å². The van der Waals surface area contributed by atoms with Gasteiger partial charge >= 0.3 is 0 Å². The molecule has 0 fully saturated rings. The first-order chi connectivity index (χ1) is 10.1. The SMILES string of the molecule is O=C(Cc1c(Cl)cccc1Cl)NCC(O)c1ccccc1. The van der Waals surface area contributed by atoms with Crippen LogP contribution in [0.3, 0.4) is 0 Å². The molecule has 3 nitrogen and oxygen atoms in total. The Morgan fingerprint density at radius 1 is 1.05 bits per heavy atom. The number of rotatable bonds is 5. The Hall–Kier alpha value is -1.55. The Morgan fingerprint density at radius 3 is 2.29 bits per heavy atom. The smallest absolute Gasteiger partial charge is 0.224 e. The van der Waals surface area contributed by atoms with E-state index in [4.69, 9.17) is 23.2 Å². The van der Waals surface area contributed by atoms with E-state index in [9.17, 15) is 9.90 Å². The highest BCUT2D eigenvalue weighted by atomic mass is 35.5. The molecule has 1 unspecified atom stereocenters. The summed E-state index contributed by atoms with van der Waals surface area (Å²) >= 11 is 12.0. The molecule has 1 atom stereocenters. The van der Waals surface area contributed by atoms with Crippen LogP contribution < -0.4 is 5.32 Å². The molecule has 0 spiro atoms. The molecule has 0 aliphatic heterocycles. The normalized spacial score (nSPS) is 12.0. The molecular weight excluding hydrogens is 309 g/mol. The maximum Gasteiger partial charge on any atom is 0.224 e. The van der Waals surface area contributed by atoms with Crippen LogP contribution in [0.25, 0.3) is 0 Å². The predicted molar refractivity (Wildman–Crippen MR) is 84.6 cm³/mol. The summed E-state index contributed by atoms with van der Waals surface area (Å²) in [7, 11) is 0. The summed E-state index contributed by atoms with van der Waals surface area (Å²) in [5.74, 6) is -0.236. The molecule has 0 saturated heterocycles. The van der Waals surface area contributed by atoms with E-state index in [0.29, 0.717) is 15.6 Å². The Balaban J connectivity index is 1.91. The van der Waals surface area contributed by atoms with Crippen LogP contribution in [-0.2, 0) is 11.2 Å². The van der Waals surface area contributed by atoms with Crippen LogP contribution in [0, 0.1) is 0 Å². The highest BCUT2D eigenvalue weighted by molar-refractivity contribution is 6.36. The Kier molecular flexibility index (Phi) is 5.62. The third-order valence-electron chi connectivity index (χ3n) is 3.08. The summed E-state index contributed by atoms with van der Waals surface area (Å²) in [4.78, 5) is 11.9. The van der Waals surface area contributed by atoms with Crippen LogP contribution in [-0.4, -0.2) is 17.6 Å². The van der Waals surface area contributed by atoms with Crippen molar-refractivity contribution in [3.63, 3.8) is 0 Å². The van der Waals surface area contributed by atoms with Gasteiger partial charge in [0.05, 0.1) is 12.5 Å². The first-order valence-electron chi connectivity index (χ1n) is 6.50. The van der Waals surface area contributed by atoms with Gasteiger partial charge < -0.3 is 10.4 Å². The van der Waals surface area contributed by atoms with E-state index in [2.05, 4.69) is 5.32 Å². The van der Waals surface area contributed by atoms with Gasteiger partial charge in [-0.3, -0.25) is 4.79 Å². The number of carbonyl (C=O) groups excluding carboxylic acids is 1. The van der Waals surface area contributed by atoms with Crippen LogP contribution in [0.15, 0.2) is 48.5 Å². The fourth-order valence-corrected chi connectivity index (χ4v) is 2.46. The fraction of sp³-hybridized carbons (Fsp3) is 0.188. The van der Waals surface area contributed by atoms with Crippen LogP contribution >= 0.6 is 23.2 Å². The molecule has 2 aromatic carbocycles. The number of aliphatic hydroxyl groups excluding tert-OH is 1. The monoisotopic (exact) mass is 323 g/mol. The predicted octanol–water partition coefficient (Wildman–Crippen LogP) is 3.39. The van der Waals surface area contributed by atoms with Gasteiger partial charge in [-0.05, 0) is 23.3 Å². The van der Waals surface area contributed by atoms with E-state index in [1.54, 1.807) is 18.2 Å². The summed E-state index contributed by atoms with van der Waals surface area (Å²) < 4.78 is 0. The molecule has 5 heteroatoms. The Morgan fingerprint density at radius 2 is 1.67 bits per heavy atom. The first kappa shape index (κ1) is 15.8. The summed E-state index contributed by atoms with van der Waals surface area (Å²) in [6.45, 7) is 0.144. The van der Waals surface area contributed by atoms with Crippen LogP contribution in [0.2, 0.25) is 10.0 Å². The van der Waals surface area contributed by atoms with Crippen molar-refractivity contribution in [3.8, 4) is 0 Å². The number of halogens is 2. The topological polar surface area (TPSA) is 49.3 Å². The minimum absolute atomic E-state index is 0.0833. The highest BCUT2D eigenvalue weighted by Gasteiger charge is 2.13. The molecule has 110 valence electrons. The third-order valence-corrected chi connectivity index (χ3v) is 3.78. The Labute approximate surface area is 133 Å². The molecule has 1 amide bonds. The second-order valence-corrected chi connectivity index (χ2v) is 5.42. The molecule has 2 aromatic rings. The van der Waals surface area contributed by atoms with Gasteiger partial charge in [0.25, 0.3) is 0 Å². The quantitative estimate of drug-likeness (QED) is 0.886. The van der Waals surface area contributed by atoms with E-state index >= 15 is 0 Å². The van der Waals surface area contributed by atoms with Gasteiger partial charge in [-0.25, -0.2) is 0 Å².